The van der Waals surface area contributed by atoms with E-state index in [0.29, 0.717) is 36.0 Å². The van der Waals surface area contributed by atoms with Crippen molar-refractivity contribution in [3.8, 4) is 17.5 Å². The third-order valence-corrected chi connectivity index (χ3v) is 7.44. The summed E-state index contributed by atoms with van der Waals surface area (Å²) in [6.45, 7) is 3.01. The normalized spacial score (nSPS) is 15.9. The number of aromatic nitrogens is 3. The van der Waals surface area contributed by atoms with E-state index in [9.17, 15) is 18.1 Å². The largest absolute Gasteiger partial charge is 0.495 e. The molecule has 10 heteroatoms. The summed E-state index contributed by atoms with van der Waals surface area (Å²) in [5, 5.41) is 17.9. The van der Waals surface area contributed by atoms with Crippen LogP contribution in [0.3, 0.4) is 0 Å². The molecule has 1 fully saturated rings. The molecule has 1 atom stereocenters. The second-order valence-electron chi connectivity index (χ2n) is 8.25. The number of hydrogen-bond donors (Lipinski definition) is 0. The van der Waals surface area contributed by atoms with Crippen molar-refractivity contribution in [2.75, 3.05) is 26.1 Å². The maximum absolute atomic E-state index is 13.4. The maximum atomic E-state index is 13.4. The first-order valence-corrected chi connectivity index (χ1v) is 12.7. The Morgan fingerprint density at radius 2 is 2.12 bits per heavy atom. The second-order valence-corrected chi connectivity index (χ2v) is 10.4. The maximum Gasteiger partial charge on any atom is 0.157 e. The lowest BCUT2D eigenvalue weighted by Gasteiger charge is -2.18. The quantitative estimate of drug-likeness (QED) is 0.483. The number of nitrogens with zero attached hydrogens (tertiary/aromatic N) is 4. The second kappa shape index (κ2) is 9.91. The van der Waals surface area contributed by atoms with Crippen LogP contribution in [0.5, 0.6) is 5.75 Å². The topological polar surface area (TPSA) is 107 Å². The lowest BCUT2D eigenvalue weighted by atomic mass is 10.1. The van der Waals surface area contributed by atoms with Gasteiger partial charge in [-0.1, -0.05) is 18.2 Å². The molecule has 0 unspecified atom stereocenters. The minimum Gasteiger partial charge on any atom is -0.495 e. The minimum absolute atomic E-state index is 0.00864. The van der Waals surface area contributed by atoms with Gasteiger partial charge in [0.05, 0.1) is 36.8 Å². The van der Waals surface area contributed by atoms with Gasteiger partial charge in [0.2, 0.25) is 0 Å². The van der Waals surface area contributed by atoms with Gasteiger partial charge in [-0.2, -0.15) is 5.26 Å². The summed E-state index contributed by atoms with van der Waals surface area (Å²) in [7, 11) is -2.08. The third-order valence-electron chi connectivity index (χ3n) is 5.92. The summed E-state index contributed by atoms with van der Waals surface area (Å²) in [4.78, 5) is 0. The van der Waals surface area contributed by atoms with E-state index in [0.717, 1.165) is 18.1 Å². The van der Waals surface area contributed by atoms with Crippen molar-refractivity contribution in [2.45, 2.75) is 31.4 Å². The fraction of sp³-hybridized carbons (Fsp3) is 0.375. The minimum atomic E-state index is -3.64. The lowest BCUT2D eigenvalue weighted by Crippen LogP contribution is -2.17. The Bertz CT molecular complexity index is 1340. The fourth-order valence-corrected chi connectivity index (χ4v) is 5.41. The molecule has 1 aliphatic heterocycles. The Balaban J connectivity index is 1.68. The predicted molar refractivity (Wildman–Crippen MR) is 123 cm³/mol. The first-order valence-electron chi connectivity index (χ1n) is 10.9. The van der Waals surface area contributed by atoms with Gasteiger partial charge in [0.15, 0.2) is 15.7 Å². The summed E-state index contributed by atoms with van der Waals surface area (Å²) in [6, 6.07) is 11.3. The van der Waals surface area contributed by atoms with Crippen LogP contribution in [0.15, 0.2) is 36.4 Å². The van der Waals surface area contributed by atoms with Gasteiger partial charge in [0, 0.05) is 12.5 Å². The Hall–Kier alpha value is -3.29. The number of hydrogen-bond acceptors (Lipinski definition) is 7. The van der Waals surface area contributed by atoms with Crippen LogP contribution in [0.25, 0.3) is 5.69 Å². The molecule has 8 nitrogen and oxygen atoms in total. The summed E-state index contributed by atoms with van der Waals surface area (Å²) in [5.41, 5.74) is 2.21. The van der Waals surface area contributed by atoms with E-state index in [4.69, 9.17) is 9.47 Å². The molecule has 0 N–H and O–H groups in total. The molecular weight excluding hydrogens is 459 g/mol. The Morgan fingerprint density at radius 3 is 2.82 bits per heavy atom. The average molecular weight is 485 g/mol. The molecule has 3 aromatic rings. The smallest absolute Gasteiger partial charge is 0.157 e. The zero-order chi connectivity index (χ0) is 24.3. The highest BCUT2D eigenvalue weighted by molar-refractivity contribution is 7.90. The van der Waals surface area contributed by atoms with Gasteiger partial charge in [-0.3, -0.25) is 4.57 Å². The van der Waals surface area contributed by atoms with E-state index in [1.807, 2.05) is 31.2 Å². The van der Waals surface area contributed by atoms with E-state index in [1.54, 1.807) is 11.7 Å². The first kappa shape index (κ1) is 23.9. The highest BCUT2D eigenvalue weighted by Gasteiger charge is 2.29. The number of benzene rings is 2. The van der Waals surface area contributed by atoms with Crippen molar-refractivity contribution in [3.05, 3.63) is 70.6 Å². The summed E-state index contributed by atoms with van der Waals surface area (Å²) in [6.07, 6.45) is 0.858. The summed E-state index contributed by atoms with van der Waals surface area (Å²) in [5.74, 6) is 0.414. The molecular formula is C24H25FN4O4S. The summed E-state index contributed by atoms with van der Waals surface area (Å²) >= 11 is 0. The van der Waals surface area contributed by atoms with Crippen LogP contribution in [0.1, 0.15) is 40.7 Å². The molecule has 4 rings (SSSR count). The van der Waals surface area contributed by atoms with Gasteiger partial charge < -0.3 is 9.47 Å². The van der Waals surface area contributed by atoms with Crippen LogP contribution in [0.4, 0.5) is 4.39 Å². The van der Waals surface area contributed by atoms with Gasteiger partial charge in [-0.25, -0.2) is 12.8 Å². The van der Waals surface area contributed by atoms with Crippen molar-refractivity contribution in [3.63, 3.8) is 0 Å². The Labute approximate surface area is 197 Å². The number of nitriles is 1. The summed E-state index contributed by atoms with van der Waals surface area (Å²) < 4.78 is 52.5. The van der Waals surface area contributed by atoms with E-state index in [2.05, 4.69) is 10.2 Å². The van der Waals surface area contributed by atoms with Crippen LogP contribution in [-0.2, 0) is 26.7 Å². The SMILES string of the molecule is COc1cccc(C)c1-n1c(CS(=O)(=O)CCc2ccc(F)cc2C#N)nnc1[C@@H]1CCOC1. The Morgan fingerprint density at radius 1 is 1.29 bits per heavy atom. The molecule has 2 aromatic carbocycles. The molecule has 0 radical (unpaired) electrons. The van der Waals surface area contributed by atoms with Crippen molar-refractivity contribution in [1.82, 2.24) is 14.8 Å². The molecule has 0 saturated carbocycles. The molecule has 0 bridgehead atoms. The predicted octanol–water partition coefficient (Wildman–Crippen LogP) is 3.26. The molecule has 1 aliphatic rings. The zero-order valence-corrected chi connectivity index (χ0v) is 19.8. The number of halogens is 1. The number of ether oxygens (including phenoxy) is 2. The third kappa shape index (κ3) is 4.95. The molecule has 1 saturated heterocycles. The van der Waals surface area contributed by atoms with Gasteiger partial charge in [-0.05, 0) is 49.1 Å². The number of sulfone groups is 1. The van der Waals surface area contributed by atoms with Crippen molar-refractivity contribution >= 4 is 9.84 Å². The fourth-order valence-electron chi connectivity index (χ4n) is 4.16. The van der Waals surface area contributed by atoms with Crippen LogP contribution >= 0.6 is 0 Å². The van der Waals surface area contributed by atoms with Gasteiger partial charge in [-0.15, -0.1) is 10.2 Å². The number of rotatable bonds is 8. The highest BCUT2D eigenvalue weighted by atomic mass is 32.2. The monoisotopic (exact) mass is 484 g/mol. The number of aryl methyl sites for hydroxylation is 2. The van der Waals surface area contributed by atoms with Crippen LogP contribution < -0.4 is 4.74 Å². The van der Waals surface area contributed by atoms with E-state index in [1.165, 1.54) is 12.1 Å². The van der Waals surface area contributed by atoms with Crippen LogP contribution in [0, 0.1) is 24.1 Å². The van der Waals surface area contributed by atoms with E-state index >= 15 is 0 Å². The molecule has 178 valence electrons. The standard InChI is InChI=1S/C24H25FN4O4S/c1-16-4-3-5-21(32-2)23(16)29-22(27-28-24(29)18-8-10-33-14-18)15-34(30,31)11-9-17-6-7-20(25)12-19(17)13-26/h3-7,12,18H,8-11,14-15H2,1-2H3/t18-/m1/s1. The molecule has 0 amide bonds. The molecule has 34 heavy (non-hydrogen) atoms. The molecule has 1 aromatic heterocycles. The van der Waals surface area contributed by atoms with Gasteiger partial charge in [0.25, 0.3) is 0 Å². The van der Waals surface area contributed by atoms with Gasteiger partial charge in [0.1, 0.15) is 23.1 Å². The molecule has 2 heterocycles. The molecule has 0 spiro atoms. The Kier molecular flexibility index (Phi) is 6.95. The van der Waals surface area contributed by atoms with Crippen molar-refractivity contribution in [2.24, 2.45) is 0 Å². The van der Waals surface area contributed by atoms with Gasteiger partial charge >= 0.3 is 0 Å². The van der Waals surface area contributed by atoms with E-state index in [-0.39, 0.29) is 35.2 Å². The zero-order valence-electron chi connectivity index (χ0n) is 19.0. The van der Waals surface area contributed by atoms with E-state index < -0.39 is 15.7 Å². The van der Waals surface area contributed by atoms with Crippen LogP contribution in [0.2, 0.25) is 0 Å². The average Bonchev–Trinajstić information content (AvgIpc) is 3.48. The van der Waals surface area contributed by atoms with Crippen molar-refractivity contribution in [1.29, 1.82) is 5.26 Å². The van der Waals surface area contributed by atoms with Crippen LogP contribution in [-0.4, -0.2) is 49.3 Å². The highest BCUT2D eigenvalue weighted by Crippen LogP contribution is 2.33. The first-order chi connectivity index (χ1) is 16.3. The number of methoxy groups -OCH3 is 1. The molecule has 0 aliphatic carbocycles. The number of para-hydroxylation sites is 1. The van der Waals surface area contributed by atoms with Crippen molar-refractivity contribution < 1.29 is 22.3 Å². The lowest BCUT2D eigenvalue weighted by molar-refractivity contribution is 0.193.